The van der Waals surface area contributed by atoms with Gasteiger partial charge in [0.25, 0.3) is 0 Å². The third-order valence-electron chi connectivity index (χ3n) is 4.34. The van der Waals surface area contributed by atoms with E-state index in [9.17, 15) is 24.3 Å². The van der Waals surface area contributed by atoms with Crippen molar-refractivity contribution in [3.05, 3.63) is 28.8 Å². The Labute approximate surface area is 202 Å². The fourth-order valence-corrected chi connectivity index (χ4v) is 5.47. The van der Waals surface area contributed by atoms with Crippen molar-refractivity contribution in [1.82, 2.24) is 5.32 Å². The third-order valence-corrected chi connectivity index (χ3v) is 6.57. The number of carboxylic acids is 1. The molecular formula is C23H33NO7S2. The number of carbonyl (C=O) groups excluding carboxylic acids is 3. The quantitative estimate of drug-likeness (QED) is 0.281. The molecule has 0 bridgehead atoms. The molecule has 1 aromatic carbocycles. The average Bonchev–Trinajstić information content (AvgIpc) is 2.56. The van der Waals surface area contributed by atoms with E-state index in [-0.39, 0.29) is 17.3 Å². The zero-order chi connectivity index (χ0) is 25.6. The largest absolute Gasteiger partial charge is 0.480 e. The van der Waals surface area contributed by atoms with Crippen molar-refractivity contribution >= 4 is 44.7 Å². The highest BCUT2D eigenvalue weighted by molar-refractivity contribution is 8.82. The highest BCUT2D eigenvalue weighted by atomic mass is 33.1. The van der Waals surface area contributed by atoms with E-state index in [2.05, 4.69) is 5.32 Å². The van der Waals surface area contributed by atoms with Gasteiger partial charge in [0.2, 0.25) is 0 Å². The summed E-state index contributed by atoms with van der Waals surface area (Å²) in [5, 5.41) is 11.5. The van der Waals surface area contributed by atoms with Crippen LogP contribution in [0.2, 0.25) is 0 Å². The molecular weight excluding hydrogens is 466 g/mol. The summed E-state index contributed by atoms with van der Waals surface area (Å²) in [4.78, 5) is 47.6. The molecule has 0 aliphatic heterocycles. The maximum atomic E-state index is 12.7. The molecule has 0 saturated carbocycles. The van der Waals surface area contributed by atoms with Crippen LogP contribution in [0.3, 0.4) is 0 Å². The molecule has 0 fully saturated rings. The SMILES string of the molecule is CC(=O)Oc1cc(C)cc(C)c1C(C)(C)CC(=O)SSC[C@H](NC(=O)OC(C)(C)C)C(=O)O. The number of hydrogen-bond acceptors (Lipinski definition) is 8. The fraction of sp³-hybridized carbons (Fsp3) is 0.565. The average molecular weight is 500 g/mol. The van der Waals surface area contributed by atoms with Gasteiger partial charge in [-0.2, -0.15) is 0 Å². The lowest BCUT2D eigenvalue weighted by molar-refractivity contribution is -0.139. The van der Waals surface area contributed by atoms with Crippen molar-refractivity contribution in [3.63, 3.8) is 0 Å². The van der Waals surface area contributed by atoms with E-state index in [4.69, 9.17) is 9.47 Å². The van der Waals surface area contributed by atoms with Crippen LogP contribution in [0.5, 0.6) is 5.75 Å². The first-order chi connectivity index (χ1) is 15.0. The zero-order valence-electron chi connectivity index (χ0n) is 20.4. The Morgan fingerprint density at radius 2 is 1.70 bits per heavy atom. The Morgan fingerprint density at radius 1 is 1.09 bits per heavy atom. The second kappa shape index (κ2) is 11.8. The second-order valence-electron chi connectivity index (χ2n) is 9.39. The number of benzene rings is 1. The summed E-state index contributed by atoms with van der Waals surface area (Å²) in [7, 11) is 1.97. The molecule has 1 amide bonds. The molecule has 2 N–H and O–H groups in total. The number of rotatable bonds is 9. The van der Waals surface area contributed by atoms with Crippen LogP contribution in [0.1, 0.15) is 64.7 Å². The van der Waals surface area contributed by atoms with Crippen LogP contribution in [-0.4, -0.2) is 45.6 Å². The number of carbonyl (C=O) groups is 4. The summed E-state index contributed by atoms with van der Waals surface area (Å²) in [6.07, 6.45) is -0.694. The van der Waals surface area contributed by atoms with Gasteiger partial charge in [0.15, 0.2) is 5.12 Å². The van der Waals surface area contributed by atoms with Crippen LogP contribution in [0, 0.1) is 13.8 Å². The molecule has 10 heteroatoms. The zero-order valence-corrected chi connectivity index (χ0v) is 22.0. The van der Waals surface area contributed by atoms with E-state index in [1.165, 1.54) is 6.92 Å². The van der Waals surface area contributed by atoms with Crippen LogP contribution < -0.4 is 10.1 Å². The number of carboxylic acid groups (broad SMARTS) is 1. The van der Waals surface area contributed by atoms with Gasteiger partial charge in [0.1, 0.15) is 17.4 Å². The molecule has 33 heavy (non-hydrogen) atoms. The molecule has 0 radical (unpaired) electrons. The van der Waals surface area contributed by atoms with Gasteiger partial charge in [-0.3, -0.25) is 9.59 Å². The minimum absolute atomic E-state index is 0.0202. The number of alkyl carbamates (subject to hydrolysis) is 1. The normalized spacial score (nSPS) is 12.6. The molecule has 0 aromatic heterocycles. The number of hydrogen-bond donors (Lipinski definition) is 2. The molecule has 0 unspecified atom stereocenters. The van der Waals surface area contributed by atoms with Crippen molar-refractivity contribution in [3.8, 4) is 5.75 Å². The minimum atomic E-state index is -1.22. The summed E-state index contributed by atoms with van der Waals surface area (Å²) < 4.78 is 10.5. The van der Waals surface area contributed by atoms with Gasteiger partial charge in [0, 0.05) is 30.1 Å². The smallest absolute Gasteiger partial charge is 0.408 e. The van der Waals surface area contributed by atoms with E-state index in [0.29, 0.717) is 5.75 Å². The van der Waals surface area contributed by atoms with E-state index in [1.54, 1.807) is 26.8 Å². The number of aliphatic carboxylic acids is 1. The van der Waals surface area contributed by atoms with Gasteiger partial charge in [-0.15, -0.1) is 0 Å². The lowest BCUT2D eigenvalue weighted by Gasteiger charge is -2.28. The van der Waals surface area contributed by atoms with Crippen LogP contribution >= 0.6 is 21.6 Å². The third kappa shape index (κ3) is 10.1. The van der Waals surface area contributed by atoms with Gasteiger partial charge in [-0.05, 0) is 62.6 Å². The molecule has 1 aromatic rings. The highest BCUT2D eigenvalue weighted by Gasteiger charge is 2.31. The predicted octanol–water partition coefficient (Wildman–Crippen LogP) is 4.78. The highest BCUT2D eigenvalue weighted by Crippen LogP contribution is 2.40. The summed E-state index contributed by atoms with van der Waals surface area (Å²) in [5.74, 6) is -1.25. The topological polar surface area (TPSA) is 119 Å². The molecule has 0 aliphatic rings. The molecule has 0 heterocycles. The fourth-order valence-electron chi connectivity index (χ4n) is 3.30. The maximum Gasteiger partial charge on any atom is 0.408 e. The molecule has 8 nitrogen and oxygen atoms in total. The number of amides is 1. The standard InChI is InChI=1S/C23H33NO7S2/c1-13-9-14(2)19(17(10-13)30-15(3)25)23(7,8)11-18(26)33-32-12-16(20(27)28)24-21(29)31-22(4,5)6/h9-10,16H,11-12H2,1-8H3,(H,24,29)(H,27,28)/t16-/m0/s1. The van der Waals surface area contributed by atoms with Crippen molar-refractivity contribution in [2.24, 2.45) is 0 Å². The van der Waals surface area contributed by atoms with Gasteiger partial charge in [0.05, 0.1) is 0 Å². The van der Waals surface area contributed by atoms with Gasteiger partial charge < -0.3 is 19.9 Å². The summed E-state index contributed by atoms with van der Waals surface area (Å²) in [6.45, 7) is 14.0. The Morgan fingerprint density at radius 3 is 2.21 bits per heavy atom. The first-order valence-electron chi connectivity index (χ1n) is 10.4. The van der Waals surface area contributed by atoms with Gasteiger partial charge in [-0.25, -0.2) is 9.59 Å². The Balaban J connectivity index is 2.81. The minimum Gasteiger partial charge on any atom is -0.480 e. The molecule has 1 rings (SSSR count). The first kappa shape index (κ1) is 28.8. The van der Waals surface area contributed by atoms with Crippen molar-refractivity contribution in [1.29, 1.82) is 0 Å². The van der Waals surface area contributed by atoms with Crippen LogP contribution in [0.4, 0.5) is 4.79 Å². The van der Waals surface area contributed by atoms with Crippen molar-refractivity contribution in [2.75, 3.05) is 5.75 Å². The van der Waals surface area contributed by atoms with E-state index >= 15 is 0 Å². The summed E-state index contributed by atoms with van der Waals surface area (Å²) in [5.41, 5.74) is 1.24. The van der Waals surface area contributed by atoms with Crippen molar-refractivity contribution in [2.45, 2.75) is 78.9 Å². The van der Waals surface area contributed by atoms with Crippen molar-refractivity contribution < 1.29 is 33.8 Å². The number of nitrogens with one attached hydrogen (secondary N) is 1. The first-order valence-corrected chi connectivity index (χ1v) is 12.7. The van der Waals surface area contributed by atoms with Gasteiger partial charge in [-0.1, -0.05) is 30.7 Å². The molecule has 184 valence electrons. The maximum absolute atomic E-state index is 12.7. The van der Waals surface area contributed by atoms with Crippen LogP contribution in [0.15, 0.2) is 12.1 Å². The van der Waals surface area contributed by atoms with Crippen LogP contribution in [0.25, 0.3) is 0 Å². The van der Waals surface area contributed by atoms with E-state index in [1.807, 2.05) is 33.8 Å². The number of ether oxygens (including phenoxy) is 2. The molecule has 0 aliphatic carbocycles. The Hall–Kier alpha value is -2.20. The van der Waals surface area contributed by atoms with Gasteiger partial charge >= 0.3 is 18.0 Å². The molecule has 0 spiro atoms. The second-order valence-corrected chi connectivity index (χ2v) is 11.8. The Bertz CT molecular complexity index is 907. The van der Waals surface area contributed by atoms with E-state index < -0.39 is 35.1 Å². The Kier molecular flexibility index (Phi) is 10.3. The van der Waals surface area contributed by atoms with Crippen LogP contribution in [-0.2, 0) is 24.5 Å². The lowest BCUT2D eigenvalue weighted by atomic mass is 9.78. The van der Waals surface area contributed by atoms with E-state index in [0.717, 1.165) is 38.3 Å². The lowest BCUT2D eigenvalue weighted by Crippen LogP contribution is -2.44. The molecule has 1 atom stereocenters. The predicted molar refractivity (Wildman–Crippen MR) is 131 cm³/mol. The summed E-state index contributed by atoms with van der Waals surface area (Å²) >= 11 is 0. The molecule has 0 saturated heterocycles. The number of esters is 1. The monoisotopic (exact) mass is 499 g/mol. The number of aryl methyl sites for hydroxylation is 2. The summed E-state index contributed by atoms with van der Waals surface area (Å²) in [6, 6.07) is 2.54.